The summed E-state index contributed by atoms with van der Waals surface area (Å²) in [6.45, 7) is 3.23. The van der Waals surface area contributed by atoms with Crippen LogP contribution in [0.2, 0.25) is 5.22 Å². The smallest absolute Gasteiger partial charge is 0.197 e. The average Bonchev–Trinajstić information content (AvgIpc) is 3.01. The molecule has 1 saturated carbocycles. The van der Waals surface area contributed by atoms with Gasteiger partial charge in [0.2, 0.25) is 0 Å². The van der Waals surface area contributed by atoms with Crippen LogP contribution in [-0.2, 0) is 0 Å². The van der Waals surface area contributed by atoms with Crippen LogP contribution in [0.5, 0.6) is 0 Å². The van der Waals surface area contributed by atoms with Crippen molar-refractivity contribution in [2.75, 3.05) is 6.54 Å². The van der Waals surface area contributed by atoms with Crippen molar-refractivity contribution in [1.82, 2.24) is 5.32 Å². The molecule has 0 radical (unpaired) electrons. The van der Waals surface area contributed by atoms with Crippen molar-refractivity contribution in [2.24, 2.45) is 5.92 Å². The number of rotatable bonds is 7. The van der Waals surface area contributed by atoms with E-state index in [4.69, 9.17) is 16.0 Å². The molecule has 1 aromatic rings. The fourth-order valence-electron chi connectivity index (χ4n) is 2.94. The van der Waals surface area contributed by atoms with Crippen LogP contribution in [0.15, 0.2) is 16.7 Å². The monoisotopic (exact) mass is 269 g/mol. The molecule has 3 heteroatoms. The van der Waals surface area contributed by atoms with Crippen LogP contribution < -0.4 is 5.32 Å². The van der Waals surface area contributed by atoms with E-state index in [-0.39, 0.29) is 0 Å². The molecule has 1 aromatic heterocycles. The first-order chi connectivity index (χ1) is 8.81. The third-order valence-corrected chi connectivity index (χ3v) is 4.31. The molecule has 0 aliphatic heterocycles. The van der Waals surface area contributed by atoms with E-state index in [9.17, 15) is 0 Å². The summed E-state index contributed by atoms with van der Waals surface area (Å²) in [4.78, 5) is 0. The first-order valence-corrected chi connectivity index (χ1v) is 7.65. The Morgan fingerprint density at radius 1 is 1.44 bits per heavy atom. The van der Waals surface area contributed by atoms with Gasteiger partial charge in [-0.05, 0) is 49.4 Å². The predicted molar refractivity (Wildman–Crippen MR) is 75.9 cm³/mol. The SMILES string of the molecule is CCCNC(CCC1CCCC1)c1ccoc1Cl. The molecule has 0 bridgehead atoms. The summed E-state index contributed by atoms with van der Waals surface area (Å²) >= 11 is 6.10. The second kappa shape index (κ2) is 7.20. The van der Waals surface area contributed by atoms with Gasteiger partial charge in [-0.25, -0.2) is 0 Å². The predicted octanol–water partition coefficient (Wildman–Crippen LogP) is 4.94. The molecule has 0 spiro atoms. The Kier molecular flexibility index (Phi) is 5.58. The van der Waals surface area contributed by atoms with E-state index < -0.39 is 0 Å². The van der Waals surface area contributed by atoms with Crippen molar-refractivity contribution in [3.63, 3.8) is 0 Å². The third kappa shape index (κ3) is 3.76. The largest absolute Gasteiger partial charge is 0.453 e. The van der Waals surface area contributed by atoms with E-state index in [0.717, 1.165) is 24.4 Å². The molecule has 0 aromatic carbocycles. The van der Waals surface area contributed by atoms with Crippen molar-refractivity contribution < 1.29 is 4.42 Å². The molecule has 1 unspecified atom stereocenters. The van der Waals surface area contributed by atoms with Gasteiger partial charge in [-0.3, -0.25) is 0 Å². The highest BCUT2D eigenvalue weighted by molar-refractivity contribution is 6.29. The standard InChI is InChI=1S/C15H24ClNO/c1-2-10-17-14(13-9-11-18-15(13)16)8-7-12-5-3-4-6-12/h9,11-12,14,17H,2-8,10H2,1H3. The molecule has 102 valence electrons. The normalized spacial score (nSPS) is 18.3. The molecule has 1 N–H and O–H groups in total. The van der Waals surface area contributed by atoms with E-state index in [0.29, 0.717) is 11.3 Å². The number of halogens is 1. The van der Waals surface area contributed by atoms with Crippen molar-refractivity contribution in [1.29, 1.82) is 0 Å². The molecule has 2 nitrogen and oxygen atoms in total. The lowest BCUT2D eigenvalue weighted by atomic mass is 9.96. The first kappa shape index (κ1) is 14.0. The lowest BCUT2D eigenvalue weighted by Crippen LogP contribution is -2.22. The van der Waals surface area contributed by atoms with Gasteiger partial charge in [-0.15, -0.1) is 0 Å². The van der Waals surface area contributed by atoms with Gasteiger partial charge in [-0.1, -0.05) is 32.6 Å². The minimum Gasteiger partial charge on any atom is -0.453 e. The van der Waals surface area contributed by atoms with Crippen LogP contribution in [0.4, 0.5) is 0 Å². The fraction of sp³-hybridized carbons (Fsp3) is 0.733. The molecule has 1 aliphatic rings. The lowest BCUT2D eigenvalue weighted by Gasteiger charge is -2.19. The van der Waals surface area contributed by atoms with Gasteiger partial charge in [0.15, 0.2) is 5.22 Å². The Bertz CT molecular complexity index is 344. The van der Waals surface area contributed by atoms with Gasteiger partial charge in [0.25, 0.3) is 0 Å². The summed E-state index contributed by atoms with van der Waals surface area (Å²) in [5, 5.41) is 4.14. The summed E-state index contributed by atoms with van der Waals surface area (Å²) in [6.07, 6.45) is 11.0. The van der Waals surface area contributed by atoms with Gasteiger partial charge in [0.05, 0.1) is 6.26 Å². The van der Waals surface area contributed by atoms with Gasteiger partial charge in [0, 0.05) is 11.6 Å². The van der Waals surface area contributed by atoms with Gasteiger partial charge >= 0.3 is 0 Å². The molecule has 0 amide bonds. The number of furan rings is 1. The zero-order valence-electron chi connectivity index (χ0n) is 11.3. The van der Waals surface area contributed by atoms with Crippen LogP contribution in [0, 0.1) is 5.92 Å². The molecule has 1 atom stereocenters. The van der Waals surface area contributed by atoms with Crippen LogP contribution in [-0.4, -0.2) is 6.54 Å². The van der Waals surface area contributed by atoms with Crippen LogP contribution >= 0.6 is 11.6 Å². The van der Waals surface area contributed by atoms with Crippen molar-refractivity contribution in [2.45, 2.75) is 57.9 Å². The van der Waals surface area contributed by atoms with Crippen LogP contribution in [0.25, 0.3) is 0 Å². The summed E-state index contributed by atoms with van der Waals surface area (Å²) in [7, 11) is 0. The molecule has 1 heterocycles. The van der Waals surface area contributed by atoms with E-state index in [1.807, 2.05) is 6.07 Å². The Balaban J connectivity index is 1.90. The number of hydrogen-bond donors (Lipinski definition) is 1. The summed E-state index contributed by atoms with van der Waals surface area (Å²) in [6, 6.07) is 2.36. The summed E-state index contributed by atoms with van der Waals surface area (Å²) < 4.78 is 5.22. The second-order valence-corrected chi connectivity index (χ2v) is 5.73. The highest BCUT2D eigenvalue weighted by Gasteiger charge is 2.20. The minimum atomic E-state index is 0.358. The Morgan fingerprint density at radius 2 is 2.22 bits per heavy atom. The average molecular weight is 270 g/mol. The molecule has 1 aliphatic carbocycles. The van der Waals surface area contributed by atoms with E-state index in [2.05, 4.69) is 12.2 Å². The molecule has 0 saturated heterocycles. The summed E-state index contributed by atoms with van der Waals surface area (Å²) in [5.74, 6) is 0.932. The maximum Gasteiger partial charge on any atom is 0.197 e. The van der Waals surface area contributed by atoms with Crippen LogP contribution in [0.1, 0.15) is 63.5 Å². The zero-order valence-corrected chi connectivity index (χ0v) is 12.0. The molecular formula is C15H24ClNO. The number of nitrogens with one attached hydrogen (secondary N) is 1. The quantitative estimate of drug-likeness (QED) is 0.758. The first-order valence-electron chi connectivity index (χ1n) is 7.27. The van der Waals surface area contributed by atoms with Gasteiger partial charge in [-0.2, -0.15) is 0 Å². The maximum absolute atomic E-state index is 6.10. The number of hydrogen-bond acceptors (Lipinski definition) is 2. The maximum atomic E-state index is 6.10. The van der Waals surface area contributed by atoms with E-state index in [1.54, 1.807) is 6.26 Å². The highest BCUT2D eigenvalue weighted by atomic mass is 35.5. The third-order valence-electron chi connectivity index (χ3n) is 4.00. The lowest BCUT2D eigenvalue weighted by molar-refractivity contribution is 0.409. The Labute approximate surface area is 115 Å². The van der Waals surface area contributed by atoms with Crippen LogP contribution in [0.3, 0.4) is 0 Å². The molecule has 18 heavy (non-hydrogen) atoms. The van der Waals surface area contributed by atoms with Crippen molar-refractivity contribution >= 4 is 11.6 Å². The van der Waals surface area contributed by atoms with Gasteiger partial charge in [0.1, 0.15) is 0 Å². The minimum absolute atomic E-state index is 0.358. The van der Waals surface area contributed by atoms with E-state index >= 15 is 0 Å². The van der Waals surface area contributed by atoms with Gasteiger partial charge < -0.3 is 9.73 Å². The zero-order chi connectivity index (χ0) is 12.8. The second-order valence-electron chi connectivity index (χ2n) is 5.38. The Hall–Kier alpha value is -0.470. The molecular weight excluding hydrogens is 246 g/mol. The van der Waals surface area contributed by atoms with E-state index in [1.165, 1.54) is 38.5 Å². The van der Waals surface area contributed by atoms with Crippen molar-refractivity contribution in [3.8, 4) is 0 Å². The molecule has 2 rings (SSSR count). The fourth-order valence-corrected chi connectivity index (χ4v) is 3.19. The highest BCUT2D eigenvalue weighted by Crippen LogP contribution is 2.33. The Morgan fingerprint density at radius 3 is 2.83 bits per heavy atom. The molecule has 1 fully saturated rings. The van der Waals surface area contributed by atoms with Crippen molar-refractivity contribution in [3.05, 3.63) is 23.1 Å². The summed E-state index contributed by atoms with van der Waals surface area (Å²) in [5.41, 5.74) is 1.13. The topological polar surface area (TPSA) is 25.2 Å².